The van der Waals surface area contributed by atoms with Crippen molar-refractivity contribution in [2.75, 3.05) is 12.2 Å². The van der Waals surface area contributed by atoms with E-state index < -0.39 is 0 Å². The van der Waals surface area contributed by atoms with Gasteiger partial charge in [-0.3, -0.25) is 4.79 Å². The molecule has 1 saturated carbocycles. The molecule has 0 aromatic heterocycles. The quantitative estimate of drug-likeness (QED) is 0.608. The first-order valence-electron chi connectivity index (χ1n) is 7.09. The van der Waals surface area contributed by atoms with Gasteiger partial charge in [0.2, 0.25) is 0 Å². The van der Waals surface area contributed by atoms with Crippen LogP contribution in [0.4, 0.5) is 0 Å². The molecule has 2 atom stereocenters. The Labute approximate surface area is 125 Å². The van der Waals surface area contributed by atoms with Crippen LogP contribution in [0.5, 0.6) is 5.75 Å². The van der Waals surface area contributed by atoms with Crippen molar-refractivity contribution in [2.45, 2.75) is 44.6 Å². The van der Waals surface area contributed by atoms with Crippen molar-refractivity contribution in [3.63, 3.8) is 0 Å². The van der Waals surface area contributed by atoms with Gasteiger partial charge in [-0.2, -0.15) is 0 Å². The van der Waals surface area contributed by atoms with Crippen molar-refractivity contribution in [3.05, 3.63) is 29.8 Å². The summed E-state index contributed by atoms with van der Waals surface area (Å²) in [5.74, 6) is 1.70. The first-order valence-corrected chi connectivity index (χ1v) is 8.49. The second kappa shape index (κ2) is 7.58. The van der Waals surface area contributed by atoms with Gasteiger partial charge < -0.3 is 9.47 Å². The Hall–Kier alpha value is -1.16. The van der Waals surface area contributed by atoms with E-state index in [0.717, 1.165) is 25.0 Å². The molecule has 1 fully saturated rings. The molecule has 0 unspecified atom stereocenters. The minimum absolute atomic E-state index is 0.0271. The molecule has 0 N–H and O–H groups in total. The molecule has 1 aromatic rings. The molecule has 0 saturated heterocycles. The number of ether oxygens (including phenoxy) is 2. The van der Waals surface area contributed by atoms with Crippen molar-refractivity contribution in [2.24, 2.45) is 0 Å². The third kappa shape index (κ3) is 4.17. The summed E-state index contributed by atoms with van der Waals surface area (Å²) in [6, 6.07) is 8.21. The summed E-state index contributed by atoms with van der Waals surface area (Å²) < 4.78 is 11.0. The van der Waals surface area contributed by atoms with E-state index >= 15 is 0 Å². The van der Waals surface area contributed by atoms with Gasteiger partial charge >= 0.3 is 5.97 Å². The summed E-state index contributed by atoms with van der Waals surface area (Å²) in [7, 11) is 0. The summed E-state index contributed by atoms with van der Waals surface area (Å²) >= 11 is 1.66. The molecule has 4 heteroatoms. The van der Waals surface area contributed by atoms with E-state index in [4.69, 9.17) is 9.47 Å². The van der Waals surface area contributed by atoms with E-state index in [1.807, 2.05) is 18.4 Å². The zero-order valence-electron chi connectivity index (χ0n) is 12.1. The van der Waals surface area contributed by atoms with Crippen LogP contribution in [-0.2, 0) is 9.53 Å². The summed E-state index contributed by atoms with van der Waals surface area (Å²) in [4.78, 5) is 11.2. The molecule has 0 amide bonds. The van der Waals surface area contributed by atoms with Crippen LogP contribution >= 0.6 is 11.8 Å². The maximum Gasteiger partial charge on any atom is 0.302 e. The van der Waals surface area contributed by atoms with E-state index in [9.17, 15) is 4.79 Å². The Bertz CT molecular complexity index is 430. The third-order valence-corrected chi connectivity index (χ3v) is 4.03. The highest BCUT2D eigenvalue weighted by atomic mass is 32.2. The molecule has 1 aliphatic rings. The minimum Gasteiger partial charge on any atom is -0.483 e. The number of thioether (sulfide) groups is 1. The summed E-state index contributed by atoms with van der Waals surface area (Å²) in [6.07, 6.45) is 6.44. The summed E-state index contributed by atoms with van der Waals surface area (Å²) in [5.41, 5.74) is 1.24. The standard InChI is InChI=1S/C16H22O3S/c1-12(17)19-16-6-4-3-5-15(16)13-7-9-14(10-8-13)18-11-20-2/h7-10,15-16H,3-6,11H2,1-2H3/t15-,16+/m0/s1. The minimum atomic E-state index is -0.179. The average Bonchev–Trinajstić information content (AvgIpc) is 2.46. The monoisotopic (exact) mass is 294 g/mol. The highest BCUT2D eigenvalue weighted by Gasteiger charge is 2.28. The third-order valence-electron chi connectivity index (χ3n) is 3.67. The maximum atomic E-state index is 11.2. The number of hydrogen-bond acceptors (Lipinski definition) is 4. The van der Waals surface area contributed by atoms with Crippen molar-refractivity contribution in [1.29, 1.82) is 0 Å². The lowest BCUT2D eigenvalue weighted by molar-refractivity contribution is -0.148. The first-order chi connectivity index (χ1) is 9.70. The molecule has 0 spiro atoms. The Kier molecular flexibility index (Phi) is 5.77. The topological polar surface area (TPSA) is 35.5 Å². The van der Waals surface area contributed by atoms with Gasteiger partial charge in [0.1, 0.15) is 17.8 Å². The molecular weight excluding hydrogens is 272 g/mol. The molecule has 0 radical (unpaired) electrons. The summed E-state index contributed by atoms with van der Waals surface area (Å²) in [5, 5.41) is 0. The first kappa shape index (κ1) is 15.2. The average molecular weight is 294 g/mol. The lowest BCUT2D eigenvalue weighted by atomic mass is 9.81. The lowest BCUT2D eigenvalue weighted by Gasteiger charge is -2.31. The second-order valence-electron chi connectivity index (χ2n) is 5.16. The van der Waals surface area contributed by atoms with Crippen molar-refractivity contribution in [1.82, 2.24) is 0 Å². The van der Waals surface area contributed by atoms with Gasteiger partial charge in [-0.1, -0.05) is 18.6 Å². The van der Waals surface area contributed by atoms with E-state index in [2.05, 4.69) is 12.1 Å². The van der Waals surface area contributed by atoms with Crippen LogP contribution in [0.15, 0.2) is 24.3 Å². The van der Waals surface area contributed by atoms with Crippen LogP contribution < -0.4 is 4.74 Å². The van der Waals surface area contributed by atoms with Gasteiger partial charge in [0.15, 0.2) is 0 Å². The van der Waals surface area contributed by atoms with Crippen LogP contribution in [-0.4, -0.2) is 24.3 Å². The van der Waals surface area contributed by atoms with Crippen LogP contribution in [0.3, 0.4) is 0 Å². The smallest absolute Gasteiger partial charge is 0.302 e. The van der Waals surface area contributed by atoms with E-state index in [1.54, 1.807) is 11.8 Å². The molecule has 0 bridgehead atoms. The van der Waals surface area contributed by atoms with Crippen LogP contribution in [0, 0.1) is 0 Å². The molecule has 0 aliphatic heterocycles. The van der Waals surface area contributed by atoms with Gasteiger partial charge in [0.25, 0.3) is 0 Å². The zero-order chi connectivity index (χ0) is 14.4. The van der Waals surface area contributed by atoms with Crippen molar-refractivity contribution in [3.8, 4) is 5.75 Å². The van der Waals surface area contributed by atoms with Gasteiger partial charge in [0.05, 0.1) is 0 Å². The fourth-order valence-corrected chi connectivity index (χ4v) is 3.02. The molecule has 0 heterocycles. The predicted octanol–water partition coefficient (Wildman–Crippen LogP) is 3.98. The maximum absolute atomic E-state index is 11.2. The fraction of sp³-hybridized carbons (Fsp3) is 0.562. The number of esters is 1. The Morgan fingerprint density at radius 1 is 1.25 bits per heavy atom. The molecule has 2 rings (SSSR count). The normalized spacial score (nSPS) is 22.3. The largest absolute Gasteiger partial charge is 0.483 e. The molecule has 1 aliphatic carbocycles. The van der Waals surface area contributed by atoms with Gasteiger partial charge in [-0.05, 0) is 43.2 Å². The Morgan fingerprint density at radius 3 is 2.60 bits per heavy atom. The molecule has 1 aromatic carbocycles. The van der Waals surface area contributed by atoms with Gasteiger partial charge in [-0.25, -0.2) is 0 Å². The van der Waals surface area contributed by atoms with E-state index in [1.165, 1.54) is 18.9 Å². The number of hydrogen-bond donors (Lipinski definition) is 0. The SMILES string of the molecule is CSCOc1ccc([C@@H]2CCCC[C@H]2OC(C)=O)cc1. The number of benzene rings is 1. The molecular formula is C16H22O3S. The van der Waals surface area contributed by atoms with E-state index in [-0.39, 0.29) is 12.1 Å². The zero-order valence-corrected chi connectivity index (χ0v) is 12.9. The van der Waals surface area contributed by atoms with Crippen molar-refractivity contribution >= 4 is 17.7 Å². The fourth-order valence-electron chi connectivity index (χ4n) is 2.77. The highest BCUT2D eigenvalue weighted by molar-refractivity contribution is 7.98. The molecule has 110 valence electrons. The number of carbonyl (C=O) groups is 1. The van der Waals surface area contributed by atoms with Gasteiger partial charge in [-0.15, -0.1) is 11.8 Å². The predicted molar refractivity (Wildman–Crippen MR) is 82.2 cm³/mol. The lowest BCUT2D eigenvalue weighted by Crippen LogP contribution is -2.27. The Morgan fingerprint density at radius 2 is 1.95 bits per heavy atom. The summed E-state index contributed by atoms with van der Waals surface area (Å²) in [6.45, 7) is 1.49. The van der Waals surface area contributed by atoms with E-state index in [0.29, 0.717) is 11.9 Å². The Balaban J connectivity index is 2.05. The van der Waals surface area contributed by atoms with Crippen molar-refractivity contribution < 1.29 is 14.3 Å². The second-order valence-corrected chi connectivity index (χ2v) is 5.97. The number of carbonyl (C=O) groups excluding carboxylic acids is 1. The van der Waals surface area contributed by atoms with Crippen LogP contribution in [0.2, 0.25) is 0 Å². The van der Waals surface area contributed by atoms with Gasteiger partial charge in [0, 0.05) is 12.8 Å². The molecule has 3 nitrogen and oxygen atoms in total. The highest BCUT2D eigenvalue weighted by Crippen LogP contribution is 2.35. The van der Waals surface area contributed by atoms with Crippen LogP contribution in [0.25, 0.3) is 0 Å². The molecule has 20 heavy (non-hydrogen) atoms. The number of rotatable bonds is 5. The van der Waals surface area contributed by atoms with Crippen LogP contribution in [0.1, 0.15) is 44.1 Å².